The molecule has 7 heteroatoms. The first-order chi connectivity index (χ1) is 14.5. The fourth-order valence-corrected chi connectivity index (χ4v) is 4.48. The van der Waals surface area contributed by atoms with E-state index in [-0.39, 0.29) is 17.6 Å². The third-order valence-electron chi connectivity index (χ3n) is 5.28. The lowest BCUT2D eigenvalue weighted by Gasteiger charge is -2.26. The van der Waals surface area contributed by atoms with Gasteiger partial charge in [0.2, 0.25) is 0 Å². The minimum Gasteiger partial charge on any atom is -0.510 e. The summed E-state index contributed by atoms with van der Waals surface area (Å²) in [4.78, 5) is 6.58. The van der Waals surface area contributed by atoms with E-state index in [2.05, 4.69) is 0 Å². The first kappa shape index (κ1) is 20.0. The molecular weight excluding hydrogens is 398 g/mol. The van der Waals surface area contributed by atoms with E-state index in [1.165, 1.54) is 11.3 Å². The zero-order valence-corrected chi connectivity index (χ0v) is 17.9. The first-order valence-electron chi connectivity index (χ1n) is 9.54. The predicted molar refractivity (Wildman–Crippen MR) is 119 cm³/mol. The molecule has 154 valence electrons. The van der Waals surface area contributed by atoms with Crippen LogP contribution in [0.3, 0.4) is 0 Å². The van der Waals surface area contributed by atoms with Gasteiger partial charge in [0.25, 0.3) is 0 Å². The maximum atomic E-state index is 10.6. The summed E-state index contributed by atoms with van der Waals surface area (Å²) in [5.41, 5.74) is 3.24. The minimum atomic E-state index is -0.0244. The van der Waals surface area contributed by atoms with Gasteiger partial charge in [-0.25, -0.2) is 4.98 Å². The van der Waals surface area contributed by atoms with Crippen molar-refractivity contribution in [1.82, 2.24) is 9.88 Å². The Kier molecular flexibility index (Phi) is 5.46. The second-order valence-electron chi connectivity index (χ2n) is 6.99. The summed E-state index contributed by atoms with van der Waals surface area (Å²) < 4.78 is 10.7. The van der Waals surface area contributed by atoms with Crippen LogP contribution in [0.4, 0.5) is 0 Å². The summed E-state index contributed by atoms with van der Waals surface area (Å²) in [6.07, 6.45) is 0. The van der Waals surface area contributed by atoms with Gasteiger partial charge in [-0.15, -0.1) is 11.3 Å². The van der Waals surface area contributed by atoms with Crippen LogP contribution in [0.5, 0.6) is 11.5 Å². The molecule has 0 amide bonds. The summed E-state index contributed by atoms with van der Waals surface area (Å²) in [5.74, 6) is 1.75. The molecule has 2 N–H and O–H groups in total. The van der Waals surface area contributed by atoms with Gasteiger partial charge in [-0.3, -0.25) is 5.41 Å². The maximum absolute atomic E-state index is 10.6. The van der Waals surface area contributed by atoms with E-state index >= 15 is 0 Å². The van der Waals surface area contributed by atoms with Crippen LogP contribution >= 0.6 is 11.3 Å². The Bertz CT molecular complexity index is 1110. The van der Waals surface area contributed by atoms with Gasteiger partial charge in [-0.2, -0.15) is 0 Å². The van der Waals surface area contributed by atoms with Gasteiger partial charge in [0, 0.05) is 10.9 Å². The lowest BCUT2D eigenvalue weighted by Crippen LogP contribution is -2.29. The molecule has 2 heterocycles. The van der Waals surface area contributed by atoms with Gasteiger partial charge >= 0.3 is 0 Å². The largest absolute Gasteiger partial charge is 0.510 e. The lowest BCUT2D eigenvalue weighted by molar-refractivity contribution is 0.310. The average molecular weight is 422 g/mol. The van der Waals surface area contributed by atoms with Crippen LogP contribution in [0.25, 0.3) is 16.8 Å². The Morgan fingerprint density at radius 3 is 2.53 bits per heavy atom. The predicted octanol–water partition coefficient (Wildman–Crippen LogP) is 5.15. The molecule has 0 spiro atoms. The van der Waals surface area contributed by atoms with E-state index in [0.29, 0.717) is 28.6 Å². The van der Waals surface area contributed by atoms with Crippen molar-refractivity contribution >= 4 is 22.7 Å². The number of hydrogen-bond donors (Lipinski definition) is 2. The normalized spacial score (nSPS) is 14.9. The van der Waals surface area contributed by atoms with Crippen molar-refractivity contribution in [3.63, 3.8) is 0 Å². The second kappa shape index (κ2) is 8.20. The van der Waals surface area contributed by atoms with E-state index in [0.717, 1.165) is 16.8 Å². The highest BCUT2D eigenvalue weighted by molar-refractivity contribution is 7.11. The van der Waals surface area contributed by atoms with Gasteiger partial charge in [-0.05, 0) is 30.7 Å². The van der Waals surface area contributed by atoms with Crippen LogP contribution in [0, 0.1) is 5.41 Å². The van der Waals surface area contributed by atoms with E-state index in [1.807, 2.05) is 65.7 Å². The SMILES string of the molecule is COc1ccc(-c2csc(C3=C(O)CN([C@@H](C)c4ccccc4)C3=N)n2)cc1OC. The van der Waals surface area contributed by atoms with Crippen molar-refractivity contribution < 1.29 is 14.6 Å². The number of aromatic nitrogens is 1. The Balaban J connectivity index is 1.60. The highest BCUT2D eigenvalue weighted by atomic mass is 32.1. The standard InChI is InChI=1S/C23H23N3O3S/c1-14(15-7-5-4-6-8-15)26-12-18(27)21(22(26)24)23-25-17(13-30-23)16-9-10-19(28-2)20(11-16)29-3/h4-11,13-14,24,27H,12H2,1-3H3/t14-/m0/s1. The number of nitrogens with one attached hydrogen (secondary N) is 1. The van der Waals surface area contributed by atoms with Gasteiger partial charge < -0.3 is 19.5 Å². The van der Waals surface area contributed by atoms with Crippen LogP contribution in [0.15, 0.2) is 59.7 Å². The number of nitrogens with zero attached hydrogens (tertiary/aromatic N) is 2. The van der Waals surface area contributed by atoms with Crippen LogP contribution in [0.2, 0.25) is 0 Å². The molecule has 0 saturated heterocycles. The fourth-order valence-electron chi connectivity index (χ4n) is 3.58. The molecule has 0 radical (unpaired) electrons. The number of aliphatic hydroxyl groups is 1. The third-order valence-corrected chi connectivity index (χ3v) is 6.14. The van der Waals surface area contributed by atoms with Crippen molar-refractivity contribution in [2.75, 3.05) is 20.8 Å². The van der Waals surface area contributed by atoms with Crippen LogP contribution in [0.1, 0.15) is 23.5 Å². The first-order valence-corrected chi connectivity index (χ1v) is 10.4. The summed E-state index contributed by atoms with van der Waals surface area (Å²) in [6.45, 7) is 2.34. The summed E-state index contributed by atoms with van der Waals surface area (Å²) in [7, 11) is 3.20. The number of aliphatic hydroxyl groups excluding tert-OH is 1. The highest BCUT2D eigenvalue weighted by Gasteiger charge is 2.33. The molecule has 0 saturated carbocycles. The molecule has 1 aliphatic heterocycles. The number of benzene rings is 2. The number of methoxy groups -OCH3 is 2. The Morgan fingerprint density at radius 1 is 1.10 bits per heavy atom. The zero-order valence-electron chi connectivity index (χ0n) is 17.0. The molecule has 0 unspecified atom stereocenters. The summed E-state index contributed by atoms with van der Waals surface area (Å²) in [6, 6.07) is 15.6. The molecular formula is C23H23N3O3S. The number of ether oxygens (including phenoxy) is 2. The molecule has 0 aliphatic carbocycles. The number of rotatable bonds is 6. The molecule has 1 aliphatic rings. The van der Waals surface area contributed by atoms with Gasteiger partial charge in [0.05, 0.1) is 38.1 Å². The number of amidine groups is 1. The van der Waals surface area contributed by atoms with E-state index in [1.54, 1.807) is 14.2 Å². The topological polar surface area (TPSA) is 78.7 Å². The monoisotopic (exact) mass is 421 g/mol. The molecule has 30 heavy (non-hydrogen) atoms. The summed E-state index contributed by atoms with van der Waals surface area (Å²) in [5, 5.41) is 21.9. The Morgan fingerprint density at radius 2 is 1.83 bits per heavy atom. The second-order valence-corrected chi connectivity index (χ2v) is 7.85. The van der Waals surface area contributed by atoms with Crippen molar-refractivity contribution in [3.8, 4) is 22.8 Å². The van der Waals surface area contributed by atoms with Gasteiger partial charge in [0.15, 0.2) is 11.5 Å². The van der Waals surface area contributed by atoms with Crippen molar-refractivity contribution in [1.29, 1.82) is 5.41 Å². The third kappa shape index (κ3) is 3.52. The van der Waals surface area contributed by atoms with Crippen molar-refractivity contribution in [3.05, 3.63) is 70.2 Å². The number of thiazole rings is 1. The fraction of sp³-hybridized carbons (Fsp3) is 0.217. The quantitative estimate of drug-likeness (QED) is 0.575. The molecule has 0 bridgehead atoms. The van der Waals surface area contributed by atoms with Crippen molar-refractivity contribution in [2.24, 2.45) is 0 Å². The number of hydrogen-bond acceptors (Lipinski definition) is 6. The zero-order chi connectivity index (χ0) is 21.3. The molecule has 1 aromatic heterocycles. The lowest BCUT2D eigenvalue weighted by atomic mass is 10.1. The summed E-state index contributed by atoms with van der Waals surface area (Å²) >= 11 is 1.41. The van der Waals surface area contributed by atoms with Crippen LogP contribution in [-0.2, 0) is 0 Å². The van der Waals surface area contributed by atoms with Crippen molar-refractivity contribution in [2.45, 2.75) is 13.0 Å². The molecule has 2 aromatic carbocycles. The Hall–Kier alpha value is -3.32. The molecule has 1 atom stereocenters. The smallest absolute Gasteiger partial charge is 0.161 e. The van der Waals surface area contributed by atoms with Crippen LogP contribution < -0.4 is 9.47 Å². The Labute approximate surface area is 179 Å². The molecule has 0 fully saturated rings. The maximum Gasteiger partial charge on any atom is 0.161 e. The highest BCUT2D eigenvalue weighted by Crippen LogP contribution is 2.37. The molecule has 3 aromatic rings. The van der Waals surface area contributed by atoms with E-state index in [9.17, 15) is 5.11 Å². The van der Waals surface area contributed by atoms with Crippen LogP contribution in [-0.4, -0.2) is 41.6 Å². The average Bonchev–Trinajstić information content (AvgIpc) is 3.37. The minimum absolute atomic E-state index is 0.0244. The van der Waals surface area contributed by atoms with Gasteiger partial charge in [0.1, 0.15) is 16.6 Å². The molecule has 6 nitrogen and oxygen atoms in total. The molecule has 4 rings (SSSR count). The van der Waals surface area contributed by atoms with Gasteiger partial charge in [-0.1, -0.05) is 30.3 Å². The van der Waals surface area contributed by atoms with E-state index < -0.39 is 0 Å². The van der Waals surface area contributed by atoms with E-state index in [4.69, 9.17) is 19.9 Å².